The number of carbonyl (C=O) groups excluding carboxylic acids is 5. The van der Waals surface area contributed by atoms with Crippen LogP contribution in [-0.2, 0) is 43.0 Å². The van der Waals surface area contributed by atoms with E-state index in [2.05, 4.69) is 22.9 Å². The van der Waals surface area contributed by atoms with Gasteiger partial charge in [-0.2, -0.15) is 0 Å². The van der Waals surface area contributed by atoms with Crippen LogP contribution in [0, 0.1) is 64.1 Å². The van der Waals surface area contributed by atoms with Crippen LogP contribution in [0.5, 0.6) is 0 Å². The predicted molar refractivity (Wildman–Crippen MR) is 393 cm³/mol. The zero-order valence-electron chi connectivity index (χ0n) is 64.5. The van der Waals surface area contributed by atoms with Crippen LogP contribution < -0.4 is 16.0 Å². The molecule has 0 radical (unpaired) electrons. The van der Waals surface area contributed by atoms with Gasteiger partial charge in [-0.25, -0.2) is 9.59 Å². The summed E-state index contributed by atoms with van der Waals surface area (Å²) in [6.45, 7) is 32.5. The largest absolute Gasteiger partial charge is 0.479 e. The highest BCUT2D eigenvalue weighted by atomic mass is 16.6. The highest BCUT2D eigenvalue weighted by Gasteiger charge is 2.44. The Balaban J connectivity index is 2.53. The van der Waals surface area contributed by atoms with Crippen LogP contribution in [0.25, 0.3) is 0 Å². The van der Waals surface area contributed by atoms with Crippen LogP contribution >= 0.6 is 0 Å². The van der Waals surface area contributed by atoms with Crippen molar-refractivity contribution in [2.45, 2.75) is 293 Å². The van der Waals surface area contributed by atoms with Crippen molar-refractivity contribution in [2.24, 2.45) is 64.1 Å². The van der Waals surface area contributed by atoms with Crippen LogP contribution in [0.2, 0.25) is 0 Å². The van der Waals surface area contributed by atoms with Crippen LogP contribution in [0.4, 0.5) is 0 Å². The molecule has 0 saturated carbocycles. The monoisotopic (exact) mass is 1440 g/mol. The van der Waals surface area contributed by atoms with Gasteiger partial charge in [0.25, 0.3) is 0 Å². The molecule has 2 aliphatic rings. The fourth-order valence-corrected chi connectivity index (χ4v) is 13.4. The minimum Gasteiger partial charge on any atom is -0.479 e. The van der Waals surface area contributed by atoms with E-state index in [1.54, 1.807) is 108 Å². The number of hydrogen-bond donors (Lipinski definition) is 14. The molecule has 1 fully saturated rings. The molecule has 0 spiro atoms. The second-order valence-corrected chi connectivity index (χ2v) is 31.3. The van der Waals surface area contributed by atoms with E-state index in [0.29, 0.717) is 42.4 Å². The number of allylic oxidation sites excluding steroid dienone is 7. The summed E-state index contributed by atoms with van der Waals surface area (Å²) in [5.74, 6) is -10.8. The number of aliphatic hydroxyl groups excluding tert-OH is 10. The highest BCUT2D eigenvalue weighted by Crippen LogP contribution is 2.35. The summed E-state index contributed by atoms with van der Waals surface area (Å²) >= 11 is 0. The Morgan fingerprint density at radius 1 is 0.765 bits per heavy atom. The summed E-state index contributed by atoms with van der Waals surface area (Å²) in [7, 11) is 1.60. The number of cyclic esters (lactones) is 1. The van der Waals surface area contributed by atoms with Crippen molar-refractivity contribution in [3.63, 3.8) is 0 Å². The minimum atomic E-state index is -2.58. The molecule has 0 aromatic heterocycles. The number of carbonyl (C=O) groups is 6. The molecule has 23 nitrogen and oxygen atoms in total. The zero-order valence-corrected chi connectivity index (χ0v) is 64.5. The lowest BCUT2D eigenvalue weighted by Crippen LogP contribution is -2.59. The van der Waals surface area contributed by atoms with Crippen molar-refractivity contribution in [3.05, 3.63) is 95.7 Å². The Kier molecular flexibility index (Phi) is 39.7. The van der Waals surface area contributed by atoms with Crippen LogP contribution in [0.1, 0.15) is 189 Å². The Morgan fingerprint density at radius 2 is 1.37 bits per heavy atom. The number of carboxylic acid groups (broad SMARTS) is 1. The van der Waals surface area contributed by atoms with Crippen molar-refractivity contribution in [1.29, 1.82) is 0 Å². The molecule has 14 N–H and O–H groups in total. The molecule has 2 bridgehead atoms. The average Bonchev–Trinajstić information content (AvgIpc) is 0.840. The normalized spacial score (nSPS) is 29.2. The number of esters is 1. The smallest absolute Gasteiger partial charge is 0.335 e. The first-order valence-corrected chi connectivity index (χ1v) is 36.6. The Hall–Kier alpha value is -5.54. The molecule has 2 rings (SSSR count). The van der Waals surface area contributed by atoms with Crippen molar-refractivity contribution < 1.29 is 99.1 Å². The number of nitrogens with one attached hydrogen (secondary N) is 3. The Morgan fingerprint density at radius 3 is 1.94 bits per heavy atom. The number of hydrogen-bond acceptors (Lipinski definition) is 19. The van der Waals surface area contributed by atoms with Gasteiger partial charge in [-0.05, 0) is 146 Å². The van der Waals surface area contributed by atoms with E-state index in [-0.39, 0.29) is 67.5 Å². The molecular formula is C79H131N3O20. The number of aliphatic carboxylic acids is 1. The van der Waals surface area contributed by atoms with Crippen LogP contribution in [0.15, 0.2) is 95.7 Å². The number of methoxy groups -OCH3 is 1. The van der Waals surface area contributed by atoms with Gasteiger partial charge in [-0.1, -0.05) is 157 Å². The number of ether oxygens (including phenoxy) is 3. The topological polar surface area (TPSA) is 389 Å². The lowest BCUT2D eigenvalue weighted by Gasteiger charge is -2.38. The Labute approximate surface area is 607 Å². The van der Waals surface area contributed by atoms with Crippen molar-refractivity contribution in [3.8, 4) is 0 Å². The van der Waals surface area contributed by atoms with Gasteiger partial charge in [-0.15, -0.1) is 0 Å². The molecule has 2 aliphatic heterocycles. The number of ketones is 1. The highest BCUT2D eigenvalue weighted by molar-refractivity contribution is 5.94. The third-order valence-corrected chi connectivity index (χ3v) is 20.4. The summed E-state index contributed by atoms with van der Waals surface area (Å²) in [6.07, 6.45) is 7.96. The Bertz CT molecular complexity index is 2890. The molecule has 0 aromatic carbocycles. The van der Waals surface area contributed by atoms with Gasteiger partial charge in [-0.3, -0.25) is 19.2 Å². The molecule has 582 valence electrons. The first kappa shape index (κ1) is 92.5. The van der Waals surface area contributed by atoms with Gasteiger partial charge >= 0.3 is 11.9 Å². The lowest BCUT2D eigenvalue weighted by molar-refractivity contribution is -0.170. The molecule has 24 unspecified atom stereocenters. The van der Waals surface area contributed by atoms with E-state index in [0.717, 1.165) is 12.5 Å². The van der Waals surface area contributed by atoms with E-state index < -0.39 is 161 Å². The first-order chi connectivity index (χ1) is 47.3. The van der Waals surface area contributed by atoms with E-state index in [1.807, 2.05) is 52.0 Å². The van der Waals surface area contributed by atoms with E-state index in [9.17, 15) is 84.9 Å². The third kappa shape index (κ3) is 29.8. The summed E-state index contributed by atoms with van der Waals surface area (Å²) in [5, 5.41) is 133. The van der Waals surface area contributed by atoms with E-state index >= 15 is 0 Å². The van der Waals surface area contributed by atoms with Gasteiger partial charge < -0.3 is 86.3 Å². The zero-order chi connectivity index (χ0) is 78.0. The maximum atomic E-state index is 14.3. The minimum absolute atomic E-state index is 0.0378. The van der Waals surface area contributed by atoms with Gasteiger partial charge in [0.05, 0.1) is 85.1 Å². The summed E-state index contributed by atoms with van der Waals surface area (Å²) in [4.78, 5) is 81.1. The molecule has 102 heavy (non-hydrogen) atoms. The summed E-state index contributed by atoms with van der Waals surface area (Å²) < 4.78 is 18.2. The summed E-state index contributed by atoms with van der Waals surface area (Å²) in [6, 6.07) is -4.65. The van der Waals surface area contributed by atoms with Gasteiger partial charge in [0.2, 0.25) is 17.7 Å². The molecule has 23 heteroatoms. The molecule has 0 aliphatic carbocycles. The lowest BCUT2D eigenvalue weighted by atomic mass is 9.77. The quantitative estimate of drug-likeness (QED) is 0.0241. The van der Waals surface area contributed by atoms with Crippen molar-refractivity contribution >= 4 is 35.4 Å². The number of aliphatic hydroxyl groups is 10. The number of Topliss-reactive ketones (excluding diaryl/α,β-unsaturated/α-hetero) is 1. The average molecular weight is 1440 g/mol. The number of rotatable bonds is 25. The van der Waals surface area contributed by atoms with Crippen LogP contribution in [-0.4, -0.2) is 202 Å². The number of fused-ring (bicyclic) bond motifs is 2. The SMILES string of the molecule is COC1C=CC=CCCC=CC=CC(=O)NC(C(O)C(=O)O)C(=O)OC(C(NC(=O)C(C)C(O)CCC(C)C(O)/C(C)=C/C(C)(C)C(O)C(CC(C)C)NC(=O)/C=C/C(C)(C)C(=O)C(C)C(O)C(C)C)C(C)O)C(C)C(O)CC=C(C)C(O)C(C)C=C(C)C(O)C(C)C(O)CC2CC(C)CC1O2. The second-order valence-electron chi connectivity index (χ2n) is 31.3. The first-order valence-electron chi connectivity index (χ1n) is 36.6. The van der Waals surface area contributed by atoms with Gasteiger partial charge in [0.15, 0.2) is 12.1 Å². The molecule has 1 saturated heterocycles. The van der Waals surface area contributed by atoms with Gasteiger partial charge in [0.1, 0.15) is 18.0 Å². The molecule has 24 atom stereocenters. The molecule has 2 heterocycles. The fraction of sp³-hybridized carbons (Fsp3) is 0.722. The maximum Gasteiger partial charge on any atom is 0.335 e. The van der Waals surface area contributed by atoms with Crippen LogP contribution in [0.3, 0.4) is 0 Å². The van der Waals surface area contributed by atoms with Gasteiger partial charge in [0, 0.05) is 47.7 Å². The molecular weight excluding hydrogens is 1310 g/mol. The third-order valence-electron chi connectivity index (χ3n) is 20.4. The fourth-order valence-electron chi connectivity index (χ4n) is 13.4. The van der Waals surface area contributed by atoms with Crippen molar-refractivity contribution in [2.75, 3.05) is 7.11 Å². The number of carboxylic acids is 1. The van der Waals surface area contributed by atoms with Crippen molar-refractivity contribution in [1.82, 2.24) is 16.0 Å². The summed E-state index contributed by atoms with van der Waals surface area (Å²) in [5.41, 5.74) is -0.747. The van der Waals surface area contributed by atoms with E-state index in [4.69, 9.17) is 14.2 Å². The van der Waals surface area contributed by atoms with E-state index in [1.165, 1.54) is 45.1 Å². The maximum absolute atomic E-state index is 14.3. The molecule has 3 amide bonds. The molecule has 0 aromatic rings. The predicted octanol–water partition coefficient (Wildman–Crippen LogP) is 7.38. The second kappa shape index (κ2) is 43.8. The standard InChI is InChI=1S/C79H131N3O20/c1-43(2)37-57(80-64(88)35-36-78(16,17)73(94)54(14)67(89)44(3)4)74(95)79(18,19)42-50(10)69(91)47(7)32-34-59(85)53(13)75(96)82-65(55(15)83)72-52(12)58(84)33-31-46(6)68(90)48(8)40-49(9)70(92)51(11)60(86)41-56-38-45(5)39-62(101-56)61(100-20)29-27-25-23-21-22-24-26-28-30-63(87)81-66(77(99)102-72)71(93)76(97)98/h23-31,35-36,40,42-45,47-48,51-62,65-72,74,83-86,89-93,95H,21-22,32-34,37-39,41H2,1-20H3,(H,80,88)(H,81,87)(H,82,96)(H,97,98)/b25-23?,26-24?,29-27?,30-28?,36-35+,46-31?,49-40?,50-42+. The number of amides is 3.